The maximum Gasteiger partial charge on any atom is 0.118 e. The lowest BCUT2D eigenvalue weighted by molar-refractivity contribution is 0.414. The number of aromatic nitrogens is 1. The molecule has 0 aliphatic rings. The Kier molecular flexibility index (Phi) is 4.37. The molecule has 5 nitrogen and oxygen atoms in total. The van der Waals surface area contributed by atoms with E-state index < -0.39 is 0 Å². The molecular weight excluding hydrogens is 240 g/mol. The Morgan fingerprint density at radius 3 is 2.47 bits per heavy atom. The molecule has 2 aromatic rings. The molecule has 0 aliphatic heterocycles. The number of nitrogens with zero attached hydrogens (tertiary/aromatic N) is 4. The Balaban J connectivity index is 2.03. The summed E-state index contributed by atoms with van der Waals surface area (Å²) in [6.45, 7) is 0.340. The van der Waals surface area contributed by atoms with Gasteiger partial charge in [-0.25, -0.2) is 0 Å². The number of benzene rings is 1. The fourth-order valence-electron chi connectivity index (χ4n) is 1.72. The van der Waals surface area contributed by atoms with Gasteiger partial charge in [0.05, 0.1) is 13.7 Å². The zero-order valence-corrected chi connectivity index (χ0v) is 10.7. The predicted molar refractivity (Wildman–Crippen MR) is 72.9 cm³/mol. The zero-order chi connectivity index (χ0) is 13.5. The van der Waals surface area contributed by atoms with E-state index in [0.717, 1.165) is 23.4 Å². The zero-order valence-electron chi connectivity index (χ0n) is 10.7. The van der Waals surface area contributed by atoms with Crippen LogP contribution >= 0.6 is 0 Å². The van der Waals surface area contributed by atoms with E-state index in [9.17, 15) is 0 Å². The van der Waals surface area contributed by atoms with Gasteiger partial charge in [-0.15, -0.1) is 0 Å². The SMILES string of the molecule is COc1ccc(Cc2ccc(CN=[N+]=[N-])cn2)cc1. The minimum absolute atomic E-state index is 0.340. The molecule has 0 bridgehead atoms. The Morgan fingerprint density at radius 1 is 1.16 bits per heavy atom. The van der Waals surface area contributed by atoms with Crippen LogP contribution in [0.25, 0.3) is 10.4 Å². The highest BCUT2D eigenvalue weighted by Gasteiger charge is 1.99. The van der Waals surface area contributed by atoms with Gasteiger partial charge >= 0.3 is 0 Å². The molecule has 96 valence electrons. The van der Waals surface area contributed by atoms with Crippen LogP contribution in [0.1, 0.15) is 16.8 Å². The lowest BCUT2D eigenvalue weighted by Gasteiger charge is -2.04. The van der Waals surface area contributed by atoms with Crippen LogP contribution in [0.15, 0.2) is 47.7 Å². The van der Waals surface area contributed by atoms with Crippen LogP contribution in [0, 0.1) is 0 Å². The number of hydrogen-bond donors (Lipinski definition) is 0. The predicted octanol–water partition coefficient (Wildman–Crippen LogP) is 3.49. The van der Waals surface area contributed by atoms with E-state index in [1.54, 1.807) is 13.3 Å². The highest BCUT2D eigenvalue weighted by atomic mass is 16.5. The van der Waals surface area contributed by atoms with E-state index >= 15 is 0 Å². The summed E-state index contributed by atoms with van der Waals surface area (Å²) in [5.41, 5.74) is 11.3. The fourth-order valence-corrected chi connectivity index (χ4v) is 1.72. The lowest BCUT2D eigenvalue weighted by atomic mass is 10.1. The molecule has 0 atom stereocenters. The van der Waals surface area contributed by atoms with Gasteiger partial charge in [0.25, 0.3) is 0 Å². The van der Waals surface area contributed by atoms with Gasteiger partial charge in [-0.2, -0.15) is 0 Å². The first-order valence-electron chi connectivity index (χ1n) is 5.89. The summed E-state index contributed by atoms with van der Waals surface area (Å²) in [5.74, 6) is 0.849. The largest absolute Gasteiger partial charge is 0.497 e. The van der Waals surface area contributed by atoms with E-state index in [1.165, 1.54) is 5.56 Å². The number of pyridine rings is 1. The van der Waals surface area contributed by atoms with Crippen LogP contribution in [0.3, 0.4) is 0 Å². The number of methoxy groups -OCH3 is 1. The van der Waals surface area contributed by atoms with Crippen molar-refractivity contribution in [3.8, 4) is 5.75 Å². The number of ether oxygens (including phenoxy) is 1. The molecule has 0 aliphatic carbocycles. The van der Waals surface area contributed by atoms with Crippen molar-refractivity contribution in [3.05, 3.63) is 69.9 Å². The minimum Gasteiger partial charge on any atom is -0.497 e. The number of azide groups is 1. The van der Waals surface area contributed by atoms with Gasteiger partial charge in [0.2, 0.25) is 0 Å². The summed E-state index contributed by atoms with van der Waals surface area (Å²) < 4.78 is 5.12. The van der Waals surface area contributed by atoms with Gasteiger partial charge in [-0.3, -0.25) is 4.98 Å². The van der Waals surface area contributed by atoms with Crippen molar-refractivity contribution >= 4 is 0 Å². The van der Waals surface area contributed by atoms with Gasteiger partial charge in [0.1, 0.15) is 5.75 Å². The highest BCUT2D eigenvalue weighted by molar-refractivity contribution is 5.30. The molecule has 1 heterocycles. The molecule has 0 N–H and O–H groups in total. The monoisotopic (exact) mass is 254 g/mol. The molecule has 0 radical (unpaired) electrons. The standard InChI is InChI=1S/C14H14N4O/c1-19-14-6-3-11(4-7-14)8-13-5-2-12(9-16-13)10-17-18-15/h2-7,9H,8,10H2,1H3. The molecule has 1 aromatic heterocycles. The Hall–Kier alpha value is -2.52. The van der Waals surface area contributed by atoms with Crippen molar-refractivity contribution in [1.29, 1.82) is 0 Å². The minimum atomic E-state index is 0.340. The average molecular weight is 254 g/mol. The third-order valence-electron chi connectivity index (χ3n) is 2.75. The van der Waals surface area contributed by atoms with Gasteiger partial charge in [-0.1, -0.05) is 23.3 Å². The Labute approximate surface area is 111 Å². The molecule has 0 unspecified atom stereocenters. The van der Waals surface area contributed by atoms with Gasteiger partial charge in [0.15, 0.2) is 0 Å². The normalized spacial score (nSPS) is 9.74. The highest BCUT2D eigenvalue weighted by Crippen LogP contribution is 2.14. The van der Waals surface area contributed by atoms with E-state index in [0.29, 0.717) is 6.54 Å². The molecule has 0 amide bonds. The summed E-state index contributed by atoms with van der Waals surface area (Å²) in [7, 11) is 1.65. The summed E-state index contributed by atoms with van der Waals surface area (Å²) in [6.07, 6.45) is 2.51. The van der Waals surface area contributed by atoms with Crippen LogP contribution in [0.2, 0.25) is 0 Å². The molecule has 5 heteroatoms. The van der Waals surface area contributed by atoms with Gasteiger partial charge in [-0.05, 0) is 34.9 Å². The summed E-state index contributed by atoms with van der Waals surface area (Å²) in [4.78, 5) is 7.08. The molecular formula is C14H14N4O. The van der Waals surface area contributed by atoms with Crippen LogP contribution in [0.4, 0.5) is 0 Å². The van der Waals surface area contributed by atoms with Crippen molar-refractivity contribution in [2.75, 3.05) is 7.11 Å². The van der Waals surface area contributed by atoms with Crippen molar-refractivity contribution in [3.63, 3.8) is 0 Å². The average Bonchev–Trinajstić information content (AvgIpc) is 2.47. The van der Waals surface area contributed by atoms with Gasteiger partial charge in [0, 0.05) is 23.2 Å². The summed E-state index contributed by atoms with van der Waals surface area (Å²) >= 11 is 0. The van der Waals surface area contributed by atoms with Crippen molar-refractivity contribution < 1.29 is 4.74 Å². The summed E-state index contributed by atoms with van der Waals surface area (Å²) in [6, 6.07) is 11.8. The van der Waals surface area contributed by atoms with Crippen molar-refractivity contribution in [2.45, 2.75) is 13.0 Å². The van der Waals surface area contributed by atoms with Crippen LogP contribution in [0.5, 0.6) is 5.75 Å². The van der Waals surface area contributed by atoms with E-state index in [1.807, 2.05) is 36.4 Å². The molecule has 0 spiro atoms. The van der Waals surface area contributed by atoms with E-state index in [-0.39, 0.29) is 0 Å². The lowest BCUT2D eigenvalue weighted by Crippen LogP contribution is -1.93. The second-order valence-corrected chi connectivity index (χ2v) is 4.07. The van der Waals surface area contributed by atoms with Crippen LogP contribution in [-0.2, 0) is 13.0 Å². The van der Waals surface area contributed by atoms with E-state index in [4.69, 9.17) is 10.3 Å². The number of rotatable bonds is 5. The second-order valence-electron chi connectivity index (χ2n) is 4.07. The fraction of sp³-hybridized carbons (Fsp3) is 0.214. The third kappa shape index (κ3) is 3.72. The molecule has 2 rings (SSSR count). The van der Waals surface area contributed by atoms with Crippen LogP contribution in [-0.4, -0.2) is 12.1 Å². The topological polar surface area (TPSA) is 70.9 Å². The maximum atomic E-state index is 8.25. The molecule has 19 heavy (non-hydrogen) atoms. The Morgan fingerprint density at radius 2 is 1.89 bits per heavy atom. The molecule has 0 saturated carbocycles. The summed E-state index contributed by atoms with van der Waals surface area (Å²) in [5, 5.41) is 3.50. The first-order valence-corrected chi connectivity index (χ1v) is 5.89. The Bertz CT molecular complexity index is 571. The van der Waals surface area contributed by atoms with Crippen molar-refractivity contribution in [2.24, 2.45) is 5.11 Å². The third-order valence-corrected chi connectivity index (χ3v) is 2.75. The first kappa shape index (κ1) is 12.9. The first-order chi connectivity index (χ1) is 9.31. The van der Waals surface area contributed by atoms with E-state index in [2.05, 4.69) is 15.0 Å². The van der Waals surface area contributed by atoms with Crippen LogP contribution < -0.4 is 4.74 Å². The van der Waals surface area contributed by atoms with Crippen molar-refractivity contribution in [1.82, 2.24) is 4.98 Å². The van der Waals surface area contributed by atoms with Gasteiger partial charge < -0.3 is 4.74 Å². The second kappa shape index (κ2) is 6.42. The molecule has 0 fully saturated rings. The smallest absolute Gasteiger partial charge is 0.118 e. The molecule has 1 aromatic carbocycles. The molecule has 0 saturated heterocycles. The number of hydrogen-bond acceptors (Lipinski definition) is 3. The maximum absolute atomic E-state index is 8.25. The quantitative estimate of drug-likeness (QED) is 0.465.